The quantitative estimate of drug-likeness (QED) is 0.688. The smallest absolute Gasteiger partial charge is 0.262 e. The molecule has 8 nitrogen and oxygen atoms in total. The Kier molecular flexibility index (Phi) is 4.09. The first-order chi connectivity index (χ1) is 14.1. The topological polar surface area (TPSA) is 98.8 Å². The van der Waals surface area contributed by atoms with E-state index in [4.69, 9.17) is 14.2 Å². The van der Waals surface area contributed by atoms with E-state index in [2.05, 4.69) is 15.6 Å². The maximum atomic E-state index is 12.6. The van der Waals surface area contributed by atoms with Crippen LogP contribution in [0.3, 0.4) is 0 Å². The molecule has 2 amide bonds. The SMILES string of the molecule is Cc1sc(NC(=O)c2ccc3c(c2)OCO3)nc1-c1ccc2c(c1)NC(=O)CO2. The summed E-state index contributed by atoms with van der Waals surface area (Å²) >= 11 is 1.38. The zero-order valence-electron chi connectivity index (χ0n) is 15.3. The Bertz CT molecular complexity index is 1160. The molecule has 0 saturated carbocycles. The zero-order chi connectivity index (χ0) is 20.0. The van der Waals surface area contributed by atoms with E-state index in [1.54, 1.807) is 24.3 Å². The predicted molar refractivity (Wildman–Crippen MR) is 107 cm³/mol. The number of aromatic nitrogens is 1. The van der Waals surface area contributed by atoms with Crippen molar-refractivity contribution in [3.63, 3.8) is 0 Å². The van der Waals surface area contributed by atoms with Gasteiger partial charge in [-0.25, -0.2) is 4.98 Å². The molecule has 0 atom stereocenters. The van der Waals surface area contributed by atoms with Crippen molar-refractivity contribution in [3.8, 4) is 28.5 Å². The number of hydrogen-bond acceptors (Lipinski definition) is 7. The normalized spacial score (nSPS) is 14.0. The molecule has 5 rings (SSSR count). The van der Waals surface area contributed by atoms with Crippen LogP contribution >= 0.6 is 11.3 Å². The largest absolute Gasteiger partial charge is 0.482 e. The molecule has 2 N–H and O–H groups in total. The number of rotatable bonds is 3. The van der Waals surface area contributed by atoms with E-state index in [1.807, 2.05) is 19.1 Å². The molecule has 2 aliphatic rings. The average Bonchev–Trinajstić information content (AvgIpc) is 3.32. The first-order valence-electron chi connectivity index (χ1n) is 8.82. The van der Waals surface area contributed by atoms with Gasteiger partial charge < -0.3 is 19.5 Å². The minimum atomic E-state index is -0.283. The lowest BCUT2D eigenvalue weighted by molar-refractivity contribution is -0.118. The fourth-order valence-electron chi connectivity index (χ4n) is 3.16. The van der Waals surface area contributed by atoms with Crippen LogP contribution in [0.4, 0.5) is 10.8 Å². The molecule has 146 valence electrons. The number of benzene rings is 2. The van der Waals surface area contributed by atoms with Crippen LogP contribution in [0.15, 0.2) is 36.4 Å². The predicted octanol–water partition coefficient (Wildman–Crippen LogP) is 3.43. The summed E-state index contributed by atoms with van der Waals surface area (Å²) in [4.78, 5) is 29.7. The second-order valence-corrected chi connectivity index (χ2v) is 7.70. The lowest BCUT2D eigenvalue weighted by Gasteiger charge is -2.18. The Morgan fingerprint density at radius 1 is 1.10 bits per heavy atom. The van der Waals surface area contributed by atoms with E-state index in [0.717, 1.165) is 16.1 Å². The Morgan fingerprint density at radius 3 is 2.83 bits per heavy atom. The molecule has 3 aromatic rings. The lowest BCUT2D eigenvalue weighted by atomic mass is 10.1. The van der Waals surface area contributed by atoms with Crippen molar-refractivity contribution in [1.29, 1.82) is 0 Å². The van der Waals surface area contributed by atoms with Crippen LogP contribution in [0.5, 0.6) is 17.2 Å². The molecule has 2 aliphatic heterocycles. The number of carbonyl (C=O) groups is 2. The molecule has 2 aromatic carbocycles. The number of nitrogens with one attached hydrogen (secondary N) is 2. The Morgan fingerprint density at radius 2 is 1.93 bits per heavy atom. The standard InChI is InChI=1S/C20H15N3O5S/c1-10-18(11-2-4-14-13(6-11)21-17(24)8-26-14)22-20(29-10)23-19(25)12-3-5-15-16(7-12)28-9-27-15/h2-7H,8-9H2,1H3,(H,21,24)(H,22,23,25). The number of carbonyl (C=O) groups excluding carboxylic acids is 2. The van der Waals surface area contributed by atoms with Crippen LogP contribution in [0.2, 0.25) is 0 Å². The highest BCUT2D eigenvalue weighted by molar-refractivity contribution is 7.16. The van der Waals surface area contributed by atoms with Gasteiger partial charge in [-0.1, -0.05) is 0 Å². The fourth-order valence-corrected chi connectivity index (χ4v) is 3.99. The second-order valence-electron chi connectivity index (χ2n) is 6.49. The summed E-state index contributed by atoms with van der Waals surface area (Å²) in [6, 6.07) is 10.5. The minimum absolute atomic E-state index is 0.0120. The van der Waals surface area contributed by atoms with Gasteiger partial charge in [-0.05, 0) is 43.3 Å². The van der Waals surface area contributed by atoms with E-state index in [9.17, 15) is 9.59 Å². The van der Waals surface area contributed by atoms with Gasteiger partial charge in [0.05, 0.1) is 11.4 Å². The minimum Gasteiger partial charge on any atom is -0.482 e. The molecule has 0 saturated heterocycles. The van der Waals surface area contributed by atoms with Crippen molar-refractivity contribution < 1.29 is 23.8 Å². The summed E-state index contributed by atoms with van der Waals surface area (Å²) in [5.74, 6) is 1.32. The molecule has 29 heavy (non-hydrogen) atoms. The molecular weight excluding hydrogens is 394 g/mol. The van der Waals surface area contributed by atoms with E-state index in [-0.39, 0.29) is 25.2 Å². The van der Waals surface area contributed by atoms with Gasteiger partial charge in [0.1, 0.15) is 5.75 Å². The van der Waals surface area contributed by atoms with Gasteiger partial charge in [0.15, 0.2) is 23.2 Å². The van der Waals surface area contributed by atoms with Gasteiger partial charge in [0.2, 0.25) is 6.79 Å². The third kappa shape index (κ3) is 3.25. The summed E-state index contributed by atoms with van der Waals surface area (Å²) in [7, 11) is 0. The van der Waals surface area contributed by atoms with Crippen molar-refractivity contribution in [2.24, 2.45) is 0 Å². The van der Waals surface area contributed by atoms with Gasteiger partial charge in [-0.2, -0.15) is 0 Å². The molecule has 3 heterocycles. The third-order valence-corrected chi connectivity index (χ3v) is 5.42. The van der Waals surface area contributed by atoms with E-state index < -0.39 is 0 Å². The molecule has 9 heteroatoms. The van der Waals surface area contributed by atoms with Gasteiger partial charge in [-0.15, -0.1) is 11.3 Å². The molecule has 0 fully saturated rings. The van der Waals surface area contributed by atoms with Gasteiger partial charge in [0, 0.05) is 16.0 Å². The Labute approximate surface area is 169 Å². The highest BCUT2D eigenvalue weighted by atomic mass is 32.1. The number of anilines is 2. The van der Waals surface area contributed by atoms with Crippen LogP contribution in [0.25, 0.3) is 11.3 Å². The summed E-state index contributed by atoms with van der Waals surface area (Å²) in [6.45, 7) is 2.09. The molecule has 0 unspecified atom stereocenters. The first kappa shape index (κ1) is 17.5. The van der Waals surface area contributed by atoms with Crippen molar-refractivity contribution in [2.45, 2.75) is 6.92 Å². The van der Waals surface area contributed by atoms with Crippen LogP contribution in [-0.2, 0) is 4.79 Å². The maximum absolute atomic E-state index is 12.6. The molecule has 0 bridgehead atoms. The van der Waals surface area contributed by atoms with Crippen LogP contribution in [0.1, 0.15) is 15.2 Å². The van der Waals surface area contributed by atoms with E-state index in [0.29, 0.717) is 33.6 Å². The number of amides is 2. The van der Waals surface area contributed by atoms with E-state index in [1.165, 1.54) is 11.3 Å². The third-order valence-electron chi connectivity index (χ3n) is 4.54. The van der Waals surface area contributed by atoms with Gasteiger partial charge in [0.25, 0.3) is 11.8 Å². The molecule has 0 radical (unpaired) electrons. The van der Waals surface area contributed by atoms with Crippen molar-refractivity contribution >= 4 is 34.0 Å². The molecule has 0 aliphatic carbocycles. The van der Waals surface area contributed by atoms with Crippen LogP contribution in [-0.4, -0.2) is 30.2 Å². The Balaban J connectivity index is 1.39. The lowest BCUT2D eigenvalue weighted by Crippen LogP contribution is -2.25. The highest BCUT2D eigenvalue weighted by Crippen LogP contribution is 2.37. The molecule has 0 spiro atoms. The first-order valence-corrected chi connectivity index (χ1v) is 9.64. The van der Waals surface area contributed by atoms with Crippen LogP contribution in [0, 0.1) is 6.92 Å². The maximum Gasteiger partial charge on any atom is 0.262 e. The number of aryl methyl sites for hydroxylation is 1. The van der Waals surface area contributed by atoms with Gasteiger partial charge in [-0.3, -0.25) is 14.9 Å². The molecular formula is C20H15N3O5S. The zero-order valence-corrected chi connectivity index (χ0v) is 16.1. The van der Waals surface area contributed by atoms with Crippen molar-refractivity contribution in [3.05, 3.63) is 46.8 Å². The highest BCUT2D eigenvalue weighted by Gasteiger charge is 2.20. The van der Waals surface area contributed by atoms with Crippen molar-refractivity contribution in [2.75, 3.05) is 24.0 Å². The second kappa shape index (κ2) is 6.78. The van der Waals surface area contributed by atoms with Crippen molar-refractivity contribution in [1.82, 2.24) is 4.98 Å². The number of ether oxygens (including phenoxy) is 3. The number of fused-ring (bicyclic) bond motifs is 2. The molecule has 1 aromatic heterocycles. The average molecular weight is 409 g/mol. The fraction of sp³-hybridized carbons (Fsp3) is 0.150. The summed E-state index contributed by atoms with van der Waals surface area (Å²) in [5.41, 5.74) is 2.62. The number of thiazole rings is 1. The summed E-state index contributed by atoms with van der Waals surface area (Å²) in [5, 5.41) is 6.10. The monoisotopic (exact) mass is 409 g/mol. The van der Waals surface area contributed by atoms with Gasteiger partial charge >= 0.3 is 0 Å². The number of hydrogen-bond donors (Lipinski definition) is 2. The summed E-state index contributed by atoms with van der Waals surface area (Å²) in [6.07, 6.45) is 0. The summed E-state index contributed by atoms with van der Waals surface area (Å²) < 4.78 is 16.0. The number of nitrogens with zero attached hydrogens (tertiary/aromatic N) is 1. The van der Waals surface area contributed by atoms with Crippen LogP contribution < -0.4 is 24.8 Å². The Hall–Kier alpha value is -3.59. The van der Waals surface area contributed by atoms with E-state index >= 15 is 0 Å².